The zero-order chi connectivity index (χ0) is 4.57. The first-order chi connectivity index (χ1) is 2.84. The van der Waals surface area contributed by atoms with Crippen LogP contribution in [-0.4, -0.2) is 10.5 Å². The van der Waals surface area contributed by atoms with Crippen LogP contribution < -0.4 is 5.73 Å². The van der Waals surface area contributed by atoms with E-state index in [1.165, 1.54) is 10.8 Å². The number of hydrogen-bond donors (Lipinski definition) is 1. The summed E-state index contributed by atoms with van der Waals surface area (Å²) in [5.74, 6) is 0.866. The molecule has 0 amide bonds. The Labute approximate surface area is 51.4 Å². The molecule has 1 aliphatic rings. The summed E-state index contributed by atoms with van der Waals surface area (Å²) in [5, 5.41) is 0. The van der Waals surface area contributed by atoms with Crippen LogP contribution in [0.1, 0.15) is 6.42 Å². The van der Waals surface area contributed by atoms with Crippen LogP contribution >= 0.6 is 22.6 Å². The molecule has 0 aromatic heterocycles. The Morgan fingerprint density at radius 1 is 1.83 bits per heavy atom. The van der Waals surface area contributed by atoms with Gasteiger partial charge in [0, 0.05) is 10.5 Å². The maximum Gasteiger partial charge on any atom is 0.00785 e. The Morgan fingerprint density at radius 2 is 2.33 bits per heavy atom. The van der Waals surface area contributed by atoms with Gasteiger partial charge < -0.3 is 5.73 Å². The third-order valence-corrected chi connectivity index (χ3v) is 2.31. The van der Waals surface area contributed by atoms with E-state index < -0.39 is 0 Å². The third kappa shape index (κ3) is 0.846. The molecular weight excluding hydrogens is 189 g/mol. The average molecular weight is 197 g/mol. The maximum atomic E-state index is 5.47. The molecule has 1 fully saturated rings. The number of hydrogen-bond acceptors (Lipinski definition) is 1. The van der Waals surface area contributed by atoms with Crippen LogP contribution in [0.5, 0.6) is 0 Å². The van der Waals surface area contributed by atoms with E-state index in [0.717, 1.165) is 5.92 Å². The maximum absolute atomic E-state index is 5.47. The van der Waals surface area contributed by atoms with Crippen molar-refractivity contribution in [1.82, 2.24) is 0 Å². The van der Waals surface area contributed by atoms with Crippen molar-refractivity contribution in [3.8, 4) is 0 Å². The summed E-state index contributed by atoms with van der Waals surface area (Å²) >= 11 is 2.38. The van der Waals surface area contributed by atoms with Crippen molar-refractivity contribution in [2.24, 2.45) is 11.7 Å². The van der Waals surface area contributed by atoms with Gasteiger partial charge in [-0.1, -0.05) is 22.6 Å². The predicted octanol–water partition coefficient (Wildman–Crippen LogP) is 0.769. The third-order valence-electron chi connectivity index (χ3n) is 1.18. The first kappa shape index (κ1) is 4.84. The molecule has 1 saturated carbocycles. The van der Waals surface area contributed by atoms with Gasteiger partial charge in [0.2, 0.25) is 0 Å². The molecule has 2 heteroatoms. The van der Waals surface area contributed by atoms with Gasteiger partial charge in [0.1, 0.15) is 0 Å². The highest BCUT2D eigenvalue weighted by Crippen LogP contribution is 2.29. The SMILES string of the molecule is NC1CC1CI. The van der Waals surface area contributed by atoms with Crippen LogP contribution in [-0.2, 0) is 0 Å². The number of alkyl halides is 1. The summed E-state index contributed by atoms with van der Waals surface area (Å²) in [7, 11) is 0. The first-order valence-electron chi connectivity index (χ1n) is 2.16. The minimum Gasteiger partial charge on any atom is -0.327 e. The highest BCUT2D eigenvalue weighted by molar-refractivity contribution is 14.1. The molecule has 2 unspecified atom stereocenters. The number of halogens is 1. The predicted molar refractivity (Wildman–Crippen MR) is 35.0 cm³/mol. The number of nitrogens with two attached hydrogens (primary N) is 1. The van der Waals surface area contributed by atoms with E-state index in [1.807, 2.05) is 0 Å². The lowest BCUT2D eigenvalue weighted by Crippen LogP contribution is -2.01. The van der Waals surface area contributed by atoms with E-state index in [4.69, 9.17) is 5.73 Å². The van der Waals surface area contributed by atoms with Crippen molar-refractivity contribution in [2.45, 2.75) is 12.5 Å². The van der Waals surface area contributed by atoms with E-state index in [1.54, 1.807) is 0 Å². The van der Waals surface area contributed by atoms with Gasteiger partial charge in [0.25, 0.3) is 0 Å². The highest BCUT2D eigenvalue weighted by atomic mass is 127. The van der Waals surface area contributed by atoms with Gasteiger partial charge in [0.15, 0.2) is 0 Å². The Balaban J connectivity index is 2.09. The molecule has 1 aliphatic carbocycles. The topological polar surface area (TPSA) is 26.0 Å². The quantitative estimate of drug-likeness (QED) is 0.487. The lowest BCUT2D eigenvalue weighted by molar-refractivity contribution is 0.920. The summed E-state index contributed by atoms with van der Waals surface area (Å²) < 4.78 is 1.25. The monoisotopic (exact) mass is 197 g/mol. The standard InChI is InChI=1S/C4H8IN/c5-2-3-1-4(3)6/h3-4H,1-2,6H2. The zero-order valence-electron chi connectivity index (χ0n) is 3.52. The second kappa shape index (κ2) is 1.66. The molecule has 0 heterocycles. The Bertz CT molecular complexity index is 53.5. The molecule has 1 nitrogen and oxygen atoms in total. The summed E-state index contributed by atoms with van der Waals surface area (Å²) in [4.78, 5) is 0. The van der Waals surface area contributed by atoms with Crippen LogP contribution in [0.25, 0.3) is 0 Å². The van der Waals surface area contributed by atoms with Gasteiger partial charge in [0.05, 0.1) is 0 Å². The molecule has 0 aliphatic heterocycles. The highest BCUT2D eigenvalue weighted by Gasteiger charge is 2.31. The fraction of sp³-hybridized carbons (Fsp3) is 1.00. The summed E-state index contributed by atoms with van der Waals surface area (Å²) in [6.07, 6.45) is 1.27. The van der Waals surface area contributed by atoms with Crippen molar-refractivity contribution in [3.63, 3.8) is 0 Å². The molecule has 6 heavy (non-hydrogen) atoms. The average Bonchev–Trinajstić information content (AvgIpc) is 2.19. The second-order valence-corrected chi connectivity index (χ2v) is 2.69. The molecule has 0 bridgehead atoms. The van der Waals surface area contributed by atoms with Crippen molar-refractivity contribution < 1.29 is 0 Å². The second-order valence-electron chi connectivity index (χ2n) is 1.81. The first-order valence-corrected chi connectivity index (χ1v) is 3.68. The molecule has 0 saturated heterocycles. The van der Waals surface area contributed by atoms with Crippen molar-refractivity contribution in [3.05, 3.63) is 0 Å². The molecule has 0 radical (unpaired) electrons. The summed E-state index contributed by atoms with van der Waals surface area (Å²) in [6, 6.07) is 0.557. The fourth-order valence-electron chi connectivity index (χ4n) is 0.448. The van der Waals surface area contributed by atoms with Crippen LogP contribution in [0.3, 0.4) is 0 Å². The minimum atomic E-state index is 0.557. The smallest absolute Gasteiger partial charge is 0.00785 e. The molecule has 0 aromatic carbocycles. The number of rotatable bonds is 1. The van der Waals surface area contributed by atoms with Crippen molar-refractivity contribution >= 4 is 22.6 Å². The van der Waals surface area contributed by atoms with Crippen LogP contribution in [0, 0.1) is 5.92 Å². The molecule has 36 valence electrons. The van der Waals surface area contributed by atoms with Gasteiger partial charge in [-0.3, -0.25) is 0 Å². The van der Waals surface area contributed by atoms with E-state index in [9.17, 15) is 0 Å². The Kier molecular flexibility index (Phi) is 1.34. The van der Waals surface area contributed by atoms with Gasteiger partial charge in [-0.15, -0.1) is 0 Å². The Morgan fingerprint density at radius 3 is 2.33 bits per heavy atom. The van der Waals surface area contributed by atoms with Crippen molar-refractivity contribution in [1.29, 1.82) is 0 Å². The van der Waals surface area contributed by atoms with Gasteiger partial charge in [-0.2, -0.15) is 0 Å². The van der Waals surface area contributed by atoms with E-state index >= 15 is 0 Å². The zero-order valence-corrected chi connectivity index (χ0v) is 5.68. The molecule has 0 aromatic rings. The summed E-state index contributed by atoms with van der Waals surface area (Å²) in [6.45, 7) is 0. The van der Waals surface area contributed by atoms with Crippen LogP contribution in [0.15, 0.2) is 0 Å². The van der Waals surface area contributed by atoms with E-state index in [-0.39, 0.29) is 0 Å². The van der Waals surface area contributed by atoms with E-state index in [2.05, 4.69) is 22.6 Å². The lowest BCUT2D eigenvalue weighted by Gasteiger charge is -1.78. The fourth-order valence-corrected chi connectivity index (χ4v) is 1.46. The minimum absolute atomic E-state index is 0.557. The Hall–Kier alpha value is 0.690. The molecule has 2 atom stereocenters. The van der Waals surface area contributed by atoms with E-state index in [0.29, 0.717) is 6.04 Å². The summed E-state index contributed by atoms with van der Waals surface area (Å²) in [5.41, 5.74) is 5.47. The van der Waals surface area contributed by atoms with Gasteiger partial charge >= 0.3 is 0 Å². The van der Waals surface area contributed by atoms with Gasteiger partial charge in [-0.25, -0.2) is 0 Å². The van der Waals surface area contributed by atoms with Crippen LogP contribution in [0.4, 0.5) is 0 Å². The van der Waals surface area contributed by atoms with Gasteiger partial charge in [-0.05, 0) is 12.3 Å². The molecule has 0 spiro atoms. The van der Waals surface area contributed by atoms with Crippen molar-refractivity contribution in [2.75, 3.05) is 4.43 Å². The molecule has 2 N–H and O–H groups in total. The lowest BCUT2D eigenvalue weighted by atomic mass is 10.5. The van der Waals surface area contributed by atoms with Crippen LogP contribution in [0.2, 0.25) is 0 Å². The largest absolute Gasteiger partial charge is 0.327 e. The normalized spacial score (nSPS) is 43.0. The molecular formula is C4H8IN. The molecule has 1 rings (SSSR count).